The maximum absolute atomic E-state index is 11.3. The van der Waals surface area contributed by atoms with E-state index in [4.69, 9.17) is 16.2 Å². The topological polar surface area (TPSA) is 91.2 Å². The van der Waals surface area contributed by atoms with Crippen LogP contribution in [0.5, 0.6) is 5.75 Å². The second-order valence-corrected chi connectivity index (χ2v) is 4.15. The van der Waals surface area contributed by atoms with Crippen LogP contribution in [0.2, 0.25) is 0 Å². The summed E-state index contributed by atoms with van der Waals surface area (Å²) in [6, 6.07) is 10.5. The van der Waals surface area contributed by atoms with Crippen LogP contribution in [0.15, 0.2) is 36.4 Å². The lowest BCUT2D eigenvalue weighted by atomic mass is 10.1. The Balaban J connectivity index is 2.22. The quantitative estimate of drug-likeness (QED) is 0.815. The Bertz CT molecular complexity index is 611. The molecule has 0 radical (unpaired) electrons. The van der Waals surface area contributed by atoms with Crippen LogP contribution in [0.4, 0.5) is 5.69 Å². The van der Waals surface area contributed by atoms with Crippen LogP contribution in [-0.2, 0) is 6.61 Å². The third-order valence-electron chi connectivity index (χ3n) is 2.62. The highest BCUT2D eigenvalue weighted by atomic mass is 16.5. The molecule has 19 heavy (non-hydrogen) atoms. The van der Waals surface area contributed by atoms with Crippen LogP contribution in [0.25, 0.3) is 0 Å². The van der Waals surface area contributed by atoms with E-state index >= 15 is 0 Å². The molecule has 0 aliphatic rings. The minimum absolute atomic E-state index is 0.232. The summed E-state index contributed by atoms with van der Waals surface area (Å²) in [6.07, 6.45) is 0. The van der Waals surface area contributed by atoms with Crippen molar-refractivity contribution in [2.75, 3.05) is 5.73 Å². The van der Waals surface area contributed by atoms with Gasteiger partial charge in [0.1, 0.15) is 6.61 Å². The first-order valence-electron chi connectivity index (χ1n) is 5.81. The molecule has 0 aliphatic heterocycles. The number of pyridine rings is 1. The van der Waals surface area contributed by atoms with E-state index in [0.717, 1.165) is 11.4 Å². The van der Waals surface area contributed by atoms with E-state index in [9.17, 15) is 4.79 Å². The maximum Gasteiger partial charge on any atom is 0.252 e. The van der Waals surface area contributed by atoms with Gasteiger partial charge in [-0.3, -0.25) is 9.78 Å². The number of benzene rings is 1. The summed E-state index contributed by atoms with van der Waals surface area (Å²) in [6.45, 7) is 2.13. The Morgan fingerprint density at radius 3 is 2.68 bits per heavy atom. The number of primary amides is 1. The summed E-state index contributed by atoms with van der Waals surface area (Å²) < 4.78 is 5.58. The first-order valence-corrected chi connectivity index (χ1v) is 5.81. The molecule has 0 saturated carbocycles. The number of rotatable bonds is 4. The van der Waals surface area contributed by atoms with Crippen molar-refractivity contribution < 1.29 is 9.53 Å². The molecule has 0 aliphatic carbocycles. The van der Waals surface area contributed by atoms with Gasteiger partial charge in [-0.15, -0.1) is 0 Å². The van der Waals surface area contributed by atoms with Crippen LogP contribution in [0, 0.1) is 6.92 Å². The van der Waals surface area contributed by atoms with Crippen molar-refractivity contribution >= 4 is 11.6 Å². The van der Waals surface area contributed by atoms with Gasteiger partial charge in [-0.25, -0.2) is 0 Å². The van der Waals surface area contributed by atoms with Gasteiger partial charge in [-0.1, -0.05) is 12.1 Å². The predicted octanol–water partition coefficient (Wildman–Crippen LogP) is 1.65. The van der Waals surface area contributed by atoms with Gasteiger partial charge in [0.15, 0.2) is 5.75 Å². The number of carbonyl (C=O) groups is 1. The van der Waals surface area contributed by atoms with E-state index in [-0.39, 0.29) is 12.2 Å². The number of anilines is 1. The van der Waals surface area contributed by atoms with Gasteiger partial charge < -0.3 is 16.2 Å². The van der Waals surface area contributed by atoms with E-state index in [1.54, 1.807) is 18.2 Å². The van der Waals surface area contributed by atoms with Crippen LogP contribution in [-0.4, -0.2) is 10.9 Å². The number of aromatic nitrogens is 1. The van der Waals surface area contributed by atoms with Crippen molar-refractivity contribution in [3.8, 4) is 5.75 Å². The van der Waals surface area contributed by atoms with Crippen molar-refractivity contribution in [2.45, 2.75) is 13.5 Å². The van der Waals surface area contributed by atoms with Gasteiger partial charge in [-0.05, 0) is 31.2 Å². The zero-order valence-electron chi connectivity index (χ0n) is 10.6. The largest absolute Gasteiger partial charge is 0.484 e. The fraction of sp³-hybridized carbons (Fsp3) is 0.143. The minimum Gasteiger partial charge on any atom is -0.484 e. The van der Waals surface area contributed by atoms with Gasteiger partial charge in [-0.2, -0.15) is 0 Å². The molecule has 1 aromatic carbocycles. The number of hydrogen-bond acceptors (Lipinski definition) is 4. The Kier molecular flexibility index (Phi) is 3.66. The fourth-order valence-corrected chi connectivity index (χ4v) is 1.74. The molecule has 0 bridgehead atoms. The molecule has 0 unspecified atom stereocenters. The molecule has 0 atom stereocenters. The van der Waals surface area contributed by atoms with Crippen molar-refractivity contribution in [3.05, 3.63) is 53.3 Å². The number of carbonyl (C=O) groups excluding carboxylic acids is 1. The number of ether oxygens (including phenoxy) is 1. The molecule has 0 saturated heterocycles. The lowest BCUT2D eigenvalue weighted by molar-refractivity contribution is 0.0996. The smallest absolute Gasteiger partial charge is 0.252 e. The number of nitrogen functional groups attached to an aromatic ring is 1. The van der Waals surface area contributed by atoms with E-state index < -0.39 is 5.91 Å². The first-order chi connectivity index (χ1) is 9.08. The van der Waals surface area contributed by atoms with Crippen LogP contribution in [0.1, 0.15) is 21.7 Å². The number of amides is 1. The Labute approximate surface area is 111 Å². The minimum atomic E-state index is -0.570. The fourth-order valence-electron chi connectivity index (χ4n) is 1.74. The Morgan fingerprint density at radius 1 is 1.26 bits per heavy atom. The van der Waals surface area contributed by atoms with Crippen molar-refractivity contribution in [1.29, 1.82) is 0 Å². The molecule has 1 amide bonds. The Morgan fingerprint density at radius 2 is 2.00 bits per heavy atom. The van der Waals surface area contributed by atoms with Crippen molar-refractivity contribution in [2.24, 2.45) is 5.73 Å². The lowest BCUT2D eigenvalue weighted by Gasteiger charge is -2.11. The molecule has 4 N–H and O–H groups in total. The van der Waals surface area contributed by atoms with Crippen molar-refractivity contribution in [1.82, 2.24) is 4.98 Å². The summed E-state index contributed by atoms with van der Waals surface area (Å²) in [5.41, 5.74) is 13.4. The number of para-hydroxylation sites is 1. The van der Waals surface area contributed by atoms with Crippen LogP contribution < -0.4 is 16.2 Å². The van der Waals surface area contributed by atoms with E-state index in [1.807, 2.05) is 25.1 Å². The number of hydrogen-bond donors (Lipinski definition) is 2. The molecule has 2 rings (SSSR count). The van der Waals surface area contributed by atoms with Crippen LogP contribution >= 0.6 is 0 Å². The van der Waals surface area contributed by atoms with Crippen molar-refractivity contribution in [3.63, 3.8) is 0 Å². The highest BCUT2D eigenvalue weighted by molar-refractivity contribution is 5.97. The molecule has 2 aromatic rings. The molecular weight excluding hydrogens is 242 g/mol. The molecule has 5 nitrogen and oxygen atoms in total. The first kappa shape index (κ1) is 12.9. The lowest BCUT2D eigenvalue weighted by Crippen LogP contribution is -2.14. The SMILES string of the molecule is Cc1cccc(COc2c(N)cccc2C(N)=O)n1. The highest BCUT2D eigenvalue weighted by Crippen LogP contribution is 2.26. The van der Waals surface area contributed by atoms with Gasteiger partial charge in [0, 0.05) is 5.69 Å². The summed E-state index contributed by atoms with van der Waals surface area (Å²) in [4.78, 5) is 15.6. The highest BCUT2D eigenvalue weighted by Gasteiger charge is 2.12. The molecule has 1 heterocycles. The van der Waals surface area contributed by atoms with E-state index in [0.29, 0.717) is 11.4 Å². The van der Waals surface area contributed by atoms with E-state index in [1.165, 1.54) is 0 Å². The summed E-state index contributed by atoms with van der Waals surface area (Å²) >= 11 is 0. The zero-order valence-corrected chi connectivity index (χ0v) is 10.6. The molecule has 98 valence electrons. The summed E-state index contributed by atoms with van der Waals surface area (Å²) in [5, 5.41) is 0. The van der Waals surface area contributed by atoms with Gasteiger partial charge in [0.2, 0.25) is 0 Å². The van der Waals surface area contributed by atoms with Crippen LogP contribution in [0.3, 0.4) is 0 Å². The number of nitrogens with two attached hydrogens (primary N) is 2. The predicted molar refractivity (Wildman–Crippen MR) is 72.7 cm³/mol. The molecular formula is C14H15N3O2. The van der Waals surface area contributed by atoms with Gasteiger partial charge in [0.05, 0.1) is 16.9 Å². The molecule has 0 spiro atoms. The number of nitrogens with zero attached hydrogens (tertiary/aromatic N) is 1. The average molecular weight is 257 g/mol. The summed E-state index contributed by atoms with van der Waals surface area (Å²) in [5.74, 6) is -0.266. The number of aryl methyl sites for hydroxylation is 1. The van der Waals surface area contributed by atoms with Gasteiger partial charge in [0.25, 0.3) is 5.91 Å². The summed E-state index contributed by atoms with van der Waals surface area (Å²) in [7, 11) is 0. The zero-order chi connectivity index (χ0) is 13.8. The third-order valence-corrected chi connectivity index (χ3v) is 2.62. The third kappa shape index (κ3) is 3.01. The molecule has 1 aromatic heterocycles. The standard InChI is InChI=1S/C14H15N3O2/c1-9-4-2-5-10(17-9)8-19-13-11(14(16)18)6-3-7-12(13)15/h2-7H,8,15H2,1H3,(H2,16,18). The Hall–Kier alpha value is -2.56. The normalized spacial score (nSPS) is 10.2. The average Bonchev–Trinajstić information content (AvgIpc) is 2.37. The second kappa shape index (κ2) is 5.39. The maximum atomic E-state index is 11.3. The van der Waals surface area contributed by atoms with E-state index in [2.05, 4.69) is 4.98 Å². The van der Waals surface area contributed by atoms with Gasteiger partial charge >= 0.3 is 0 Å². The molecule has 0 fully saturated rings. The second-order valence-electron chi connectivity index (χ2n) is 4.15. The monoisotopic (exact) mass is 257 g/mol. The molecule has 5 heteroatoms.